The van der Waals surface area contributed by atoms with Gasteiger partial charge in [0.1, 0.15) is 5.82 Å². The van der Waals surface area contributed by atoms with Crippen LogP contribution in [-0.2, 0) is 0 Å². The third-order valence-corrected chi connectivity index (χ3v) is 2.74. The highest BCUT2D eigenvalue weighted by Crippen LogP contribution is 2.18. The first-order chi connectivity index (χ1) is 8.59. The molecule has 1 aromatic carbocycles. The van der Waals surface area contributed by atoms with E-state index in [-0.39, 0.29) is 5.91 Å². The zero-order valence-corrected chi connectivity index (χ0v) is 10.4. The fourth-order valence-corrected chi connectivity index (χ4v) is 1.69. The Kier molecular flexibility index (Phi) is 3.28. The van der Waals surface area contributed by atoms with Gasteiger partial charge in [0.2, 0.25) is 0 Å². The summed E-state index contributed by atoms with van der Waals surface area (Å²) < 4.78 is 0. The van der Waals surface area contributed by atoms with Gasteiger partial charge in [-0.1, -0.05) is 17.7 Å². The summed E-state index contributed by atoms with van der Waals surface area (Å²) in [6, 6.07) is 10.8. The molecule has 0 aliphatic rings. The lowest BCUT2D eigenvalue weighted by molar-refractivity contribution is 0.0993. The van der Waals surface area contributed by atoms with Gasteiger partial charge in [0, 0.05) is 18.9 Å². The number of carbonyl (C=O) groups excluding carboxylic acids is 1. The SMILES string of the molecule is Cc1ccc(N)c(C(=O)N(C)c2ccccn2)c1. The van der Waals surface area contributed by atoms with Gasteiger partial charge in [0.25, 0.3) is 5.91 Å². The van der Waals surface area contributed by atoms with Gasteiger partial charge in [0.15, 0.2) is 0 Å². The molecule has 0 saturated heterocycles. The number of nitrogen functional groups attached to an aromatic ring is 1. The zero-order valence-electron chi connectivity index (χ0n) is 10.4. The standard InChI is InChI=1S/C14H15N3O/c1-10-6-7-12(15)11(9-10)14(18)17(2)13-5-3-4-8-16-13/h3-9H,15H2,1-2H3. The Morgan fingerprint density at radius 2 is 2.06 bits per heavy atom. The van der Waals surface area contributed by atoms with Crippen LogP contribution in [-0.4, -0.2) is 17.9 Å². The molecule has 18 heavy (non-hydrogen) atoms. The zero-order chi connectivity index (χ0) is 13.1. The van der Waals surface area contributed by atoms with Crippen molar-refractivity contribution < 1.29 is 4.79 Å². The molecular weight excluding hydrogens is 226 g/mol. The first-order valence-electron chi connectivity index (χ1n) is 5.65. The highest BCUT2D eigenvalue weighted by molar-refractivity contribution is 6.08. The van der Waals surface area contributed by atoms with E-state index in [9.17, 15) is 4.79 Å². The first-order valence-corrected chi connectivity index (χ1v) is 5.65. The Morgan fingerprint density at radius 1 is 1.28 bits per heavy atom. The van der Waals surface area contributed by atoms with Gasteiger partial charge in [-0.15, -0.1) is 0 Å². The van der Waals surface area contributed by atoms with Gasteiger partial charge in [-0.2, -0.15) is 0 Å². The summed E-state index contributed by atoms with van der Waals surface area (Å²) in [6.07, 6.45) is 1.65. The molecule has 0 fully saturated rings. The topological polar surface area (TPSA) is 59.2 Å². The van der Waals surface area contributed by atoms with E-state index in [0.717, 1.165) is 5.56 Å². The molecule has 1 amide bonds. The molecule has 0 aliphatic heterocycles. The lowest BCUT2D eigenvalue weighted by atomic mass is 10.1. The summed E-state index contributed by atoms with van der Waals surface area (Å²) in [7, 11) is 1.69. The maximum atomic E-state index is 12.3. The van der Waals surface area contributed by atoms with Crippen LogP contribution in [0.4, 0.5) is 11.5 Å². The van der Waals surface area contributed by atoms with E-state index in [1.54, 1.807) is 31.4 Å². The third-order valence-electron chi connectivity index (χ3n) is 2.74. The van der Waals surface area contributed by atoms with Crippen LogP contribution in [0.5, 0.6) is 0 Å². The van der Waals surface area contributed by atoms with Crippen molar-refractivity contribution in [3.63, 3.8) is 0 Å². The molecule has 2 N–H and O–H groups in total. The average molecular weight is 241 g/mol. The molecule has 2 aromatic rings. The van der Waals surface area contributed by atoms with Gasteiger partial charge in [0.05, 0.1) is 5.56 Å². The van der Waals surface area contributed by atoms with Crippen molar-refractivity contribution in [2.24, 2.45) is 0 Å². The van der Waals surface area contributed by atoms with E-state index in [1.807, 2.05) is 25.1 Å². The van der Waals surface area contributed by atoms with Gasteiger partial charge in [-0.25, -0.2) is 4.98 Å². The Bertz CT molecular complexity index is 567. The van der Waals surface area contributed by atoms with E-state index in [0.29, 0.717) is 17.1 Å². The first kappa shape index (κ1) is 12.1. The fourth-order valence-electron chi connectivity index (χ4n) is 1.69. The highest BCUT2D eigenvalue weighted by atomic mass is 16.2. The second kappa shape index (κ2) is 4.87. The van der Waals surface area contributed by atoms with Gasteiger partial charge in [-0.05, 0) is 31.2 Å². The van der Waals surface area contributed by atoms with Crippen LogP contribution in [0.15, 0.2) is 42.6 Å². The molecule has 4 nitrogen and oxygen atoms in total. The van der Waals surface area contributed by atoms with Crippen LogP contribution in [0.2, 0.25) is 0 Å². The monoisotopic (exact) mass is 241 g/mol. The van der Waals surface area contributed by atoms with E-state index in [2.05, 4.69) is 4.98 Å². The van der Waals surface area contributed by atoms with Gasteiger partial charge < -0.3 is 5.73 Å². The smallest absolute Gasteiger partial charge is 0.261 e. The molecule has 0 aliphatic carbocycles. The van der Waals surface area contributed by atoms with E-state index in [1.165, 1.54) is 4.90 Å². The third kappa shape index (κ3) is 2.32. The van der Waals surface area contributed by atoms with Crippen LogP contribution in [0.1, 0.15) is 15.9 Å². The quantitative estimate of drug-likeness (QED) is 0.820. The van der Waals surface area contributed by atoms with Crippen LogP contribution in [0.25, 0.3) is 0 Å². The minimum absolute atomic E-state index is 0.157. The summed E-state index contributed by atoms with van der Waals surface area (Å²) in [5.74, 6) is 0.443. The molecular formula is C14H15N3O. The van der Waals surface area contributed by atoms with Crippen molar-refractivity contribution in [2.75, 3.05) is 17.7 Å². The molecule has 92 valence electrons. The second-order valence-corrected chi connectivity index (χ2v) is 4.14. The number of nitrogens with two attached hydrogens (primary N) is 1. The van der Waals surface area contributed by atoms with Crippen molar-refractivity contribution in [1.29, 1.82) is 0 Å². The van der Waals surface area contributed by atoms with Crippen LogP contribution >= 0.6 is 0 Å². The molecule has 0 radical (unpaired) electrons. The van der Waals surface area contributed by atoms with Crippen LogP contribution < -0.4 is 10.6 Å². The number of rotatable bonds is 2. The largest absolute Gasteiger partial charge is 0.398 e. The number of pyridine rings is 1. The fraction of sp³-hybridized carbons (Fsp3) is 0.143. The Morgan fingerprint density at radius 3 is 2.72 bits per heavy atom. The molecule has 0 saturated carbocycles. The summed E-state index contributed by atoms with van der Waals surface area (Å²) in [5.41, 5.74) is 7.82. The summed E-state index contributed by atoms with van der Waals surface area (Å²) >= 11 is 0. The summed E-state index contributed by atoms with van der Waals surface area (Å²) in [6.45, 7) is 1.93. The average Bonchev–Trinajstić information content (AvgIpc) is 2.41. The molecule has 1 aromatic heterocycles. The number of aryl methyl sites for hydroxylation is 1. The van der Waals surface area contributed by atoms with Gasteiger partial charge in [-0.3, -0.25) is 9.69 Å². The van der Waals surface area contributed by atoms with E-state index >= 15 is 0 Å². The minimum Gasteiger partial charge on any atom is -0.398 e. The number of nitrogens with zero attached hydrogens (tertiary/aromatic N) is 2. The number of hydrogen-bond acceptors (Lipinski definition) is 3. The molecule has 0 bridgehead atoms. The maximum Gasteiger partial charge on any atom is 0.261 e. The number of anilines is 2. The Hall–Kier alpha value is -2.36. The molecule has 0 unspecified atom stereocenters. The number of benzene rings is 1. The van der Waals surface area contributed by atoms with Crippen molar-refractivity contribution in [1.82, 2.24) is 4.98 Å². The predicted molar refractivity (Wildman–Crippen MR) is 72.6 cm³/mol. The molecule has 2 rings (SSSR count). The number of aromatic nitrogens is 1. The molecule has 1 heterocycles. The van der Waals surface area contributed by atoms with Crippen LogP contribution in [0.3, 0.4) is 0 Å². The highest BCUT2D eigenvalue weighted by Gasteiger charge is 2.16. The molecule has 4 heteroatoms. The van der Waals surface area contributed by atoms with Crippen molar-refractivity contribution >= 4 is 17.4 Å². The second-order valence-electron chi connectivity index (χ2n) is 4.14. The Balaban J connectivity index is 2.34. The number of carbonyl (C=O) groups is 1. The van der Waals surface area contributed by atoms with E-state index in [4.69, 9.17) is 5.73 Å². The summed E-state index contributed by atoms with van der Waals surface area (Å²) in [4.78, 5) is 18.0. The van der Waals surface area contributed by atoms with Crippen molar-refractivity contribution in [3.8, 4) is 0 Å². The Labute approximate surface area is 106 Å². The normalized spacial score (nSPS) is 10.1. The predicted octanol–water partition coefficient (Wildman–Crippen LogP) is 2.25. The van der Waals surface area contributed by atoms with Crippen molar-refractivity contribution in [3.05, 3.63) is 53.7 Å². The van der Waals surface area contributed by atoms with Gasteiger partial charge >= 0.3 is 0 Å². The van der Waals surface area contributed by atoms with Crippen LogP contribution in [0, 0.1) is 6.92 Å². The number of amides is 1. The minimum atomic E-state index is -0.157. The summed E-state index contributed by atoms with van der Waals surface area (Å²) in [5, 5.41) is 0. The maximum absolute atomic E-state index is 12.3. The molecule has 0 spiro atoms. The number of hydrogen-bond donors (Lipinski definition) is 1. The molecule has 0 atom stereocenters. The lowest BCUT2D eigenvalue weighted by Gasteiger charge is -2.17. The van der Waals surface area contributed by atoms with E-state index < -0.39 is 0 Å². The lowest BCUT2D eigenvalue weighted by Crippen LogP contribution is -2.27. The van der Waals surface area contributed by atoms with Crippen molar-refractivity contribution in [2.45, 2.75) is 6.92 Å².